The Bertz CT molecular complexity index is 811. The van der Waals surface area contributed by atoms with Crippen molar-refractivity contribution >= 4 is 37.3 Å². The van der Waals surface area contributed by atoms with Gasteiger partial charge in [-0.25, -0.2) is 12.8 Å². The maximum absolute atomic E-state index is 13.6. The quantitative estimate of drug-likeness (QED) is 0.656. The first-order chi connectivity index (χ1) is 9.81. The summed E-state index contributed by atoms with van der Waals surface area (Å²) in [7, 11) is -4.07. The molecule has 0 bridgehead atoms. The molecule has 21 heavy (non-hydrogen) atoms. The molecule has 0 atom stereocenters. The molecule has 2 rings (SSSR count). The second-order valence-corrected chi connectivity index (χ2v) is 6.46. The molecule has 6 nitrogen and oxygen atoms in total. The molecule has 0 aromatic heterocycles. The lowest BCUT2D eigenvalue weighted by atomic mass is 10.3. The highest BCUT2D eigenvalue weighted by atomic mass is 79.9. The van der Waals surface area contributed by atoms with Crippen LogP contribution in [0.3, 0.4) is 0 Å². The monoisotopic (exact) mass is 374 g/mol. The Morgan fingerprint density at radius 3 is 2.48 bits per heavy atom. The van der Waals surface area contributed by atoms with E-state index in [9.17, 15) is 22.9 Å². The molecule has 0 radical (unpaired) electrons. The molecular weight excluding hydrogens is 367 g/mol. The normalized spacial score (nSPS) is 11.1. The molecule has 0 unspecified atom stereocenters. The number of halogens is 2. The molecule has 9 heteroatoms. The summed E-state index contributed by atoms with van der Waals surface area (Å²) in [6.45, 7) is 0. The van der Waals surface area contributed by atoms with Crippen LogP contribution in [0.15, 0.2) is 51.8 Å². The summed E-state index contributed by atoms with van der Waals surface area (Å²) in [6.07, 6.45) is 0. The average Bonchev–Trinajstić information content (AvgIpc) is 2.41. The van der Waals surface area contributed by atoms with Crippen LogP contribution in [0.1, 0.15) is 0 Å². The Kier molecular flexibility index (Phi) is 4.24. The standard InChI is InChI=1S/C12H8BrFN2O4S/c13-9-3-1-2-4-12(9)21(19,20)15-11-7-8(16(17)18)5-6-10(11)14/h1-7,15H. The SMILES string of the molecule is O=[N+]([O-])c1ccc(F)c(NS(=O)(=O)c2ccccc2Br)c1. The number of nitro groups is 1. The number of hydrogen-bond acceptors (Lipinski definition) is 4. The first-order valence-corrected chi connectivity index (χ1v) is 7.80. The van der Waals surface area contributed by atoms with Crippen LogP contribution < -0.4 is 4.72 Å². The molecule has 1 N–H and O–H groups in total. The molecule has 0 heterocycles. The summed E-state index contributed by atoms with van der Waals surface area (Å²) < 4.78 is 40.3. The molecule has 0 aliphatic heterocycles. The van der Waals surface area contributed by atoms with Gasteiger partial charge in [0.2, 0.25) is 0 Å². The zero-order valence-electron chi connectivity index (χ0n) is 10.3. The van der Waals surface area contributed by atoms with Gasteiger partial charge in [0.25, 0.3) is 15.7 Å². The fourth-order valence-electron chi connectivity index (χ4n) is 1.57. The predicted molar refractivity (Wildman–Crippen MR) is 78.0 cm³/mol. The van der Waals surface area contributed by atoms with E-state index in [-0.39, 0.29) is 4.90 Å². The molecule has 2 aromatic rings. The Hall–Kier alpha value is -2.00. The molecular formula is C12H8BrFN2O4S. The first kappa shape index (κ1) is 15.4. The number of non-ortho nitro benzene ring substituents is 1. The fourth-order valence-corrected chi connectivity index (χ4v) is 3.63. The smallest absolute Gasteiger partial charge is 0.271 e. The Morgan fingerprint density at radius 1 is 1.19 bits per heavy atom. The van der Waals surface area contributed by atoms with Gasteiger partial charge in [0, 0.05) is 16.6 Å². The van der Waals surface area contributed by atoms with Crippen LogP contribution >= 0.6 is 15.9 Å². The van der Waals surface area contributed by atoms with Crippen LogP contribution in [0, 0.1) is 15.9 Å². The van der Waals surface area contributed by atoms with Crippen LogP contribution in [-0.2, 0) is 10.0 Å². The Morgan fingerprint density at radius 2 is 1.86 bits per heavy atom. The van der Waals surface area contributed by atoms with Gasteiger partial charge in [0.15, 0.2) is 0 Å². The van der Waals surface area contributed by atoms with Crippen molar-refractivity contribution in [2.45, 2.75) is 4.90 Å². The summed E-state index contributed by atoms with van der Waals surface area (Å²) in [4.78, 5) is 9.81. The Balaban J connectivity index is 2.44. The molecule has 0 fully saturated rings. The molecule has 0 aliphatic carbocycles. The van der Waals surface area contributed by atoms with E-state index in [0.717, 1.165) is 18.2 Å². The third-order valence-electron chi connectivity index (χ3n) is 2.53. The van der Waals surface area contributed by atoms with E-state index in [1.807, 2.05) is 4.72 Å². The fraction of sp³-hybridized carbons (Fsp3) is 0. The van der Waals surface area contributed by atoms with Crippen LogP contribution in [0.5, 0.6) is 0 Å². The van der Waals surface area contributed by atoms with E-state index in [0.29, 0.717) is 4.47 Å². The minimum atomic E-state index is -4.07. The van der Waals surface area contributed by atoms with Gasteiger partial charge in [0.05, 0.1) is 10.6 Å². The van der Waals surface area contributed by atoms with Gasteiger partial charge >= 0.3 is 0 Å². The van der Waals surface area contributed by atoms with Gasteiger partial charge in [0.1, 0.15) is 10.7 Å². The van der Waals surface area contributed by atoms with Gasteiger partial charge in [-0.1, -0.05) is 12.1 Å². The van der Waals surface area contributed by atoms with Gasteiger partial charge < -0.3 is 0 Å². The van der Waals surface area contributed by atoms with Crippen molar-refractivity contribution in [2.24, 2.45) is 0 Å². The zero-order chi connectivity index (χ0) is 15.6. The zero-order valence-corrected chi connectivity index (χ0v) is 12.7. The highest BCUT2D eigenvalue weighted by Gasteiger charge is 2.20. The third kappa shape index (κ3) is 3.37. The second-order valence-electron chi connectivity index (χ2n) is 3.96. The second kappa shape index (κ2) is 5.78. The van der Waals surface area contributed by atoms with Crippen molar-refractivity contribution < 1.29 is 17.7 Å². The lowest BCUT2D eigenvalue weighted by Crippen LogP contribution is -2.14. The maximum Gasteiger partial charge on any atom is 0.271 e. The molecule has 0 aliphatic rings. The highest BCUT2D eigenvalue weighted by Crippen LogP contribution is 2.27. The topological polar surface area (TPSA) is 89.3 Å². The van der Waals surface area contributed by atoms with Crippen LogP contribution in [0.2, 0.25) is 0 Å². The lowest BCUT2D eigenvalue weighted by Gasteiger charge is -2.10. The molecule has 2 aromatic carbocycles. The van der Waals surface area contributed by atoms with E-state index in [1.54, 1.807) is 6.07 Å². The minimum Gasteiger partial charge on any atom is -0.276 e. The number of benzene rings is 2. The number of anilines is 1. The first-order valence-electron chi connectivity index (χ1n) is 5.52. The minimum absolute atomic E-state index is 0.101. The summed E-state index contributed by atoms with van der Waals surface area (Å²) in [5, 5.41) is 10.7. The number of nitrogens with zero attached hydrogens (tertiary/aromatic N) is 1. The van der Waals surface area contributed by atoms with Gasteiger partial charge in [-0.15, -0.1) is 0 Å². The number of hydrogen-bond donors (Lipinski definition) is 1. The molecule has 0 spiro atoms. The number of nitrogens with one attached hydrogen (secondary N) is 1. The van der Waals surface area contributed by atoms with E-state index in [4.69, 9.17) is 0 Å². The van der Waals surface area contributed by atoms with Crippen LogP contribution in [0.25, 0.3) is 0 Å². The molecule has 0 saturated heterocycles. The van der Waals surface area contributed by atoms with Crippen molar-refractivity contribution in [2.75, 3.05) is 4.72 Å². The lowest BCUT2D eigenvalue weighted by molar-refractivity contribution is -0.384. The molecule has 110 valence electrons. The van der Waals surface area contributed by atoms with Crippen LogP contribution in [0.4, 0.5) is 15.8 Å². The van der Waals surface area contributed by atoms with Crippen molar-refractivity contribution in [3.63, 3.8) is 0 Å². The third-order valence-corrected chi connectivity index (χ3v) is 4.91. The van der Waals surface area contributed by atoms with Crippen molar-refractivity contribution in [3.05, 3.63) is 62.9 Å². The number of rotatable bonds is 4. The summed E-state index contributed by atoms with van der Waals surface area (Å²) in [5.74, 6) is -0.906. The van der Waals surface area contributed by atoms with Gasteiger partial charge in [-0.05, 0) is 34.1 Å². The summed E-state index contributed by atoms with van der Waals surface area (Å²) in [5.41, 5.74) is -0.902. The van der Waals surface area contributed by atoms with Crippen molar-refractivity contribution in [1.82, 2.24) is 0 Å². The van der Waals surface area contributed by atoms with Crippen molar-refractivity contribution in [1.29, 1.82) is 0 Å². The van der Waals surface area contributed by atoms with E-state index >= 15 is 0 Å². The van der Waals surface area contributed by atoms with E-state index in [2.05, 4.69) is 15.9 Å². The van der Waals surface area contributed by atoms with E-state index in [1.165, 1.54) is 18.2 Å². The summed E-state index contributed by atoms with van der Waals surface area (Å²) in [6, 6.07) is 8.56. The Labute approximate surface area is 127 Å². The number of sulfonamides is 1. The average molecular weight is 375 g/mol. The van der Waals surface area contributed by atoms with Crippen LogP contribution in [-0.4, -0.2) is 13.3 Å². The van der Waals surface area contributed by atoms with Gasteiger partial charge in [-0.2, -0.15) is 0 Å². The molecule has 0 saturated carbocycles. The predicted octanol–water partition coefficient (Wildman–Crippen LogP) is 3.30. The summed E-state index contributed by atoms with van der Waals surface area (Å²) >= 11 is 3.08. The largest absolute Gasteiger partial charge is 0.276 e. The van der Waals surface area contributed by atoms with Gasteiger partial charge in [-0.3, -0.25) is 14.8 Å². The van der Waals surface area contributed by atoms with E-state index < -0.39 is 32.1 Å². The molecule has 0 amide bonds. The number of nitro benzene ring substituents is 1. The van der Waals surface area contributed by atoms with Crippen molar-refractivity contribution in [3.8, 4) is 0 Å². The highest BCUT2D eigenvalue weighted by molar-refractivity contribution is 9.10. The maximum atomic E-state index is 13.6.